The number of aromatic amines is 1. The van der Waals surface area contributed by atoms with E-state index >= 15 is 0 Å². The number of halogens is 2. The van der Waals surface area contributed by atoms with Crippen LogP contribution in [0.4, 0.5) is 20.5 Å². The first kappa shape index (κ1) is 18.6. The predicted octanol–water partition coefficient (Wildman–Crippen LogP) is 3.56. The minimum Gasteiger partial charge on any atom is -0.378 e. The van der Waals surface area contributed by atoms with Gasteiger partial charge in [-0.3, -0.25) is 0 Å². The Kier molecular flexibility index (Phi) is 5.13. The number of nitrogens with one attached hydrogen (secondary N) is 2. The van der Waals surface area contributed by atoms with Crippen molar-refractivity contribution in [1.29, 1.82) is 0 Å². The van der Waals surface area contributed by atoms with Crippen LogP contribution in [-0.2, 0) is 17.7 Å². The lowest BCUT2D eigenvalue weighted by molar-refractivity contribution is 0.122. The summed E-state index contributed by atoms with van der Waals surface area (Å²) in [6, 6.07) is 3.05. The van der Waals surface area contributed by atoms with Gasteiger partial charge in [0, 0.05) is 30.7 Å². The van der Waals surface area contributed by atoms with Crippen molar-refractivity contribution >= 4 is 22.7 Å². The van der Waals surface area contributed by atoms with E-state index in [1.54, 1.807) is 6.07 Å². The third-order valence-electron chi connectivity index (χ3n) is 5.14. The molecule has 1 saturated heterocycles. The van der Waals surface area contributed by atoms with Gasteiger partial charge in [-0.05, 0) is 36.6 Å². The first-order valence-corrected chi connectivity index (χ1v) is 9.45. The van der Waals surface area contributed by atoms with E-state index in [-0.39, 0.29) is 11.6 Å². The number of aryl methyl sites for hydroxylation is 2. The maximum atomic E-state index is 14.2. The molecule has 0 saturated carbocycles. The minimum atomic E-state index is -0.465. The maximum absolute atomic E-state index is 14.2. The van der Waals surface area contributed by atoms with Gasteiger partial charge in [0.25, 0.3) is 0 Å². The highest BCUT2D eigenvalue weighted by molar-refractivity contribution is 5.87. The summed E-state index contributed by atoms with van der Waals surface area (Å²) in [6.07, 6.45) is 2.01. The van der Waals surface area contributed by atoms with Crippen molar-refractivity contribution in [2.45, 2.75) is 26.8 Å². The second-order valence-corrected chi connectivity index (χ2v) is 6.89. The zero-order chi connectivity index (χ0) is 19.7. The third kappa shape index (κ3) is 3.52. The van der Waals surface area contributed by atoms with Gasteiger partial charge >= 0.3 is 0 Å². The molecule has 0 amide bonds. The Bertz CT molecular complexity index is 998. The number of rotatable bonds is 5. The normalized spacial score (nSPS) is 14.6. The lowest BCUT2D eigenvalue weighted by atomic mass is 10.1. The largest absolute Gasteiger partial charge is 0.378 e. The van der Waals surface area contributed by atoms with Crippen molar-refractivity contribution in [2.24, 2.45) is 0 Å². The molecule has 0 bridgehead atoms. The Morgan fingerprint density at radius 2 is 2.04 bits per heavy atom. The van der Waals surface area contributed by atoms with Gasteiger partial charge in [0.2, 0.25) is 5.95 Å². The molecule has 1 aromatic carbocycles. The van der Waals surface area contributed by atoms with Crippen LogP contribution in [0, 0.1) is 18.6 Å². The summed E-state index contributed by atoms with van der Waals surface area (Å²) in [4.78, 5) is 13.6. The van der Waals surface area contributed by atoms with E-state index < -0.39 is 5.82 Å². The molecule has 8 heteroatoms. The van der Waals surface area contributed by atoms with Crippen LogP contribution in [0.15, 0.2) is 18.3 Å². The number of aromatic nitrogens is 3. The molecule has 1 aliphatic rings. The van der Waals surface area contributed by atoms with Gasteiger partial charge in [-0.1, -0.05) is 6.92 Å². The van der Waals surface area contributed by atoms with E-state index in [4.69, 9.17) is 4.74 Å². The molecule has 1 fully saturated rings. The molecular weight excluding hydrogens is 364 g/mol. The molecule has 0 spiro atoms. The van der Waals surface area contributed by atoms with Crippen molar-refractivity contribution in [2.75, 3.05) is 36.5 Å². The molecule has 0 unspecified atom stereocenters. The Labute approximate surface area is 161 Å². The average molecular weight is 387 g/mol. The Morgan fingerprint density at radius 1 is 1.25 bits per heavy atom. The molecular formula is C20H23F2N5O. The highest BCUT2D eigenvalue weighted by atomic mass is 19.1. The number of hydrogen-bond donors (Lipinski definition) is 2. The molecule has 0 radical (unpaired) electrons. The second kappa shape index (κ2) is 7.71. The van der Waals surface area contributed by atoms with Crippen LogP contribution in [0.1, 0.15) is 23.7 Å². The number of benzene rings is 1. The zero-order valence-corrected chi connectivity index (χ0v) is 16.0. The van der Waals surface area contributed by atoms with E-state index in [1.165, 1.54) is 6.07 Å². The number of nitrogens with zero attached hydrogens (tertiary/aromatic N) is 3. The summed E-state index contributed by atoms with van der Waals surface area (Å²) >= 11 is 0. The standard InChI is InChI=1S/C20H23F2N5O/c1-3-17-12(2)15-9-14(21)8-13(18(15)25-17)10-23-20-24-11-16(22)19(26-20)27-4-6-28-7-5-27/h8-9,11,25H,3-7,10H2,1-2H3,(H,23,24,26). The van der Waals surface area contributed by atoms with E-state index in [9.17, 15) is 8.78 Å². The minimum absolute atomic E-state index is 0.258. The van der Waals surface area contributed by atoms with Crippen LogP contribution in [0.3, 0.4) is 0 Å². The fourth-order valence-corrected chi connectivity index (χ4v) is 3.62. The number of morpholine rings is 1. The van der Waals surface area contributed by atoms with Crippen LogP contribution in [0.5, 0.6) is 0 Å². The fourth-order valence-electron chi connectivity index (χ4n) is 3.62. The van der Waals surface area contributed by atoms with Gasteiger partial charge in [0.15, 0.2) is 11.6 Å². The summed E-state index contributed by atoms with van der Waals surface area (Å²) in [5.74, 6) is -0.190. The summed E-state index contributed by atoms with van der Waals surface area (Å²) < 4.78 is 33.6. The van der Waals surface area contributed by atoms with Gasteiger partial charge < -0.3 is 19.9 Å². The Hall–Kier alpha value is -2.74. The molecule has 2 N–H and O–H groups in total. The van der Waals surface area contributed by atoms with Gasteiger partial charge in [-0.15, -0.1) is 0 Å². The lowest BCUT2D eigenvalue weighted by Gasteiger charge is -2.28. The molecule has 28 heavy (non-hydrogen) atoms. The van der Waals surface area contributed by atoms with Gasteiger partial charge in [0.05, 0.1) is 24.9 Å². The summed E-state index contributed by atoms with van der Waals surface area (Å²) in [6.45, 7) is 6.63. The number of hydrogen-bond acceptors (Lipinski definition) is 5. The molecule has 3 heterocycles. The topological polar surface area (TPSA) is 66.1 Å². The van der Waals surface area contributed by atoms with Gasteiger partial charge in [-0.2, -0.15) is 4.98 Å². The van der Waals surface area contributed by atoms with Crippen molar-refractivity contribution in [3.8, 4) is 0 Å². The molecule has 0 atom stereocenters. The first-order valence-electron chi connectivity index (χ1n) is 9.45. The smallest absolute Gasteiger partial charge is 0.225 e. The van der Waals surface area contributed by atoms with E-state index in [1.807, 2.05) is 11.8 Å². The van der Waals surface area contributed by atoms with Crippen LogP contribution in [0.2, 0.25) is 0 Å². The van der Waals surface area contributed by atoms with E-state index in [0.717, 1.165) is 40.3 Å². The second-order valence-electron chi connectivity index (χ2n) is 6.89. The van der Waals surface area contributed by atoms with Crippen LogP contribution in [0.25, 0.3) is 10.9 Å². The maximum Gasteiger partial charge on any atom is 0.225 e. The highest BCUT2D eigenvalue weighted by Gasteiger charge is 2.18. The summed E-state index contributed by atoms with van der Waals surface area (Å²) in [5, 5.41) is 3.98. The number of fused-ring (bicyclic) bond motifs is 1. The molecule has 3 aromatic rings. The molecule has 2 aromatic heterocycles. The molecule has 6 nitrogen and oxygen atoms in total. The summed E-state index contributed by atoms with van der Waals surface area (Å²) in [5.41, 5.74) is 3.83. The Morgan fingerprint density at radius 3 is 2.79 bits per heavy atom. The fraction of sp³-hybridized carbons (Fsp3) is 0.400. The predicted molar refractivity (Wildman–Crippen MR) is 105 cm³/mol. The average Bonchev–Trinajstić information content (AvgIpc) is 3.03. The number of H-pyrrole nitrogens is 1. The van der Waals surface area contributed by atoms with E-state index in [2.05, 4.69) is 27.2 Å². The van der Waals surface area contributed by atoms with Crippen LogP contribution < -0.4 is 10.2 Å². The molecule has 0 aliphatic carbocycles. The highest BCUT2D eigenvalue weighted by Crippen LogP contribution is 2.27. The first-order chi connectivity index (χ1) is 13.6. The molecule has 148 valence electrons. The number of ether oxygens (including phenoxy) is 1. The van der Waals surface area contributed by atoms with Gasteiger partial charge in [-0.25, -0.2) is 13.8 Å². The zero-order valence-electron chi connectivity index (χ0n) is 16.0. The van der Waals surface area contributed by atoms with Crippen molar-refractivity contribution in [3.63, 3.8) is 0 Å². The van der Waals surface area contributed by atoms with E-state index in [0.29, 0.717) is 38.8 Å². The van der Waals surface area contributed by atoms with Gasteiger partial charge in [0.1, 0.15) is 5.82 Å². The van der Waals surface area contributed by atoms with Crippen LogP contribution >= 0.6 is 0 Å². The lowest BCUT2D eigenvalue weighted by Crippen LogP contribution is -2.37. The van der Waals surface area contributed by atoms with Crippen molar-refractivity contribution in [1.82, 2.24) is 15.0 Å². The SMILES string of the molecule is CCc1[nH]c2c(CNc3ncc(F)c(N4CCOCC4)n3)cc(F)cc2c1C. The number of anilines is 2. The Balaban J connectivity index is 1.59. The van der Waals surface area contributed by atoms with Crippen LogP contribution in [-0.4, -0.2) is 41.3 Å². The monoisotopic (exact) mass is 387 g/mol. The quantitative estimate of drug-likeness (QED) is 0.701. The van der Waals surface area contributed by atoms with Crippen molar-refractivity contribution < 1.29 is 13.5 Å². The molecule has 4 rings (SSSR count). The third-order valence-corrected chi connectivity index (χ3v) is 5.14. The molecule has 1 aliphatic heterocycles. The van der Waals surface area contributed by atoms with Crippen molar-refractivity contribution in [3.05, 3.63) is 46.8 Å². The summed E-state index contributed by atoms with van der Waals surface area (Å²) in [7, 11) is 0.